The van der Waals surface area contributed by atoms with Gasteiger partial charge >= 0.3 is 5.97 Å². The van der Waals surface area contributed by atoms with Crippen LogP contribution in [-0.2, 0) is 16.1 Å². The predicted octanol–water partition coefficient (Wildman–Crippen LogP) is 1.73. The van der Waals surface area contributed by atoms with Gasteiger partial charge in [0.2, 0.25) is 0 Å². The number of nitrogens with one attached hydrogen (secondary N) is 1. The van der Waals surface area contributed by atoms with Crippen LogP contribution < -0.4 is 5.32 Å². The lowest BCUT2D eigenvalue weighted by Gasteiger charge is -2.09. The van der Waals surface area contributed by atoms with E-state index in [9.17, 15) is 4.79 Å². The maximum absolute atomic E-state index is 11.4. The molecular formula is C11H13NO2S. The molecule has 0 fully saturated rings. The normalized spacial score (nSPS) is 18.7. The molecule has 1 heterocycles. The summed E-state index contributed by atoms with van der Waals surface area (Å²) in [6, 6.07) is 5.87. The highest BCUT2D eigenvalue weighted by molar-refractivity contribution is 7.98. The molecule has 2 rings (SSSR count). The summed E-state index contributed by atoms with van der Waals surface area (Å²) in [7, 11) is 1.41. The van der Waals surface area contributed by atoms with Gasteiger partial charge in [0.05, 0.1) is 7.11 Å². The van der Waals surface area contributed by atoms with Crippen molar-refractivity contribution in [1.29, 1.82) is 0 Å². The van der Waals surface area contributed by atoms with E-state index in [0.717, 1.165) is 12.1 Å². The van der Waals surface area contributed by atoms with Gasteiger partial charge in [-0.3, -0.25) is 5.32 Å². The van der Waals surface area contributed by atoms with E-state index >= 15 is 0 Å². The SMILES string of the molecule is COC(=O)C1NCc2cc(SC)ccc21. The van der Waals surface area contributed by atoms with Crippen molar-refractivity contribution in [3.63, 3.8) is 0 Å². The maximum atomic E-state index is 11.4. The number of hydrogen-bond acceptors (Lipinski definition) is 4. The van der Waals surface area contributed by atoms with Crippen LogP contribution in [0.4, 0.5) is 0 Å². The zero-order chi connectivity index (χ0) is 10.8. The monoisotopic (exact) mass is 223 g/mol. The summed E-state index contributed by atoms with van der Waals surface area (Å²) in [6.07, 6.45) is 2.04. The Morgan fingerprint density at radius 1 is 1.60 bits per heavy atom. The molecule has 1 aliphatic heterocycles. The molecule has 1 N–H and O–H groups in total. The van der Waals surface area contributed by atoms with Gasteiger partial charge in [-0.25, -0.2) is 4.79 Å². The molecule has 1 aliphatic rings. The minimum Gasteiger partial charge on any atom is -0.468 e. The summed E-state index contributed by atoms with van der Waals surface area (Å²) >= 11 is 1.71. The Hall–Kier alpha value is -1.00. The average molecular weight is 223 g/mol. The van der Waals surface area contributed by atoms with Gasteiger partial charge < -0.3 is 4.74 Å². The summed E-state index contributed by atoms with van der Waals surface area (Å²) in [4.78, 5) is 12.7. The van der Waals surface area contributed by atoms with Crippen molar-refractivity contribution < 1.29 is 9.53 Å². The number of esters is 1. The van der Waals surface area contributed by atoms with Crippen LogP contribution in [0.3, 0.4) is 0 Å². The molecule has 3 nitrogen and oxygen atoms in total. The molecule has 0 saturated heterocycles. The lowest BCUT2D eigenvalue weighted by Crippen LogP contribution is -2.22. The number of methoxy groups -OCH3 is 1. The van der Waals surface area contributed by atoms with E-state index in [-0.39, 0.29) is 12.0 Å². The smallest absolute Gasteiger partial charge is 0.327 e. The van der Waals surface area contributed by atoms with Gasteiger partial charge in [0.15, 0.2) is 0 Å². The van der Waals surface area contributed by atoms with E-state index in [4.69, 9.17) is 4.74 Å². The van der Waals surface area contributed by atoms with Crippen molar-refractivity contribution in [1.82, 2.24) is 5.32 Å². The van der Waals surface area contributed by atoms with Crippen molar-refractivity contribution >= 4 is 17.7 Å². The van der Waals surface area contributed by atoms with Gasteiger partial charge in [-0.15, -0.1) is 11.8 Å². The van der Waals surface area contributed by atoms with Crippen LogP contribution in [0.15, 0.2) is 23.1 Å². The molecule has 0 aliphatic carbocycles. The lowest BCUT2D eigenvalue weighted by molar-refractivity contribution is -0.143. The second-order valence-electron chi connectivity index (χ2n) is 3.40. The van der Waals surface area contributed by atoms with Gasteiger partial charge in [-0.1, -0.05) is 6.07 Å². The number of hydrogen-bond donors (Lipinski definition) is 1. The standard InChI is InChI=1S/C11H13NO2S/c1-14-11(13)10-9-4-3-8(15-2)5-7(9)6-12-10/h3-5,10,12H,6H2,1-2H3. The summed E-state index contributed by atoms with van der Waals surface area (Å²) in [5, 5.41) is 3.14. The Kier molecular flexibility index (Phi) is 2.98. The van der Waals surface area contributed by atoms with E-state index in [1.54, 1.807) is 11.8 Å². The summed E-state index contributed by atoms with van der Waals surface area (Å²) in [5.74, 6) is -0.217. The minimum atomic E-state index is -0.291. The van der Waals surface area contributed by atoms with Gasteiger partial charge in [0.1, 0.15) is 6.04 Å². The number of benzene rings is 1. The van der Waals surface area contributed by atoms with E-state index in [2.05, 4.69) is 11.4 Å². The number of fused-ring (bicyclic) bond motifs is 1. The molecule has 0 amide bonds. The Balaban J connectivity index is 2.32. The molecule has 1 unspecified atom stereocenters. The number of ether oxygens (including phenoxy) is 1. The summed E-state index contributed by atoms with van der Waals surface area (Å²) < 4.78 is 4.74. The van der Waals surface area contributed by atoms with E-state index < -0.39 is 0 Å². The van der Waals surface area contributed by atoms with Crippen LogP contribution in [0, 0.1) is 0 Å². The molecule has 15 heavy (non-hydrogen) atoms. The first-order valence-corrected chi connectivity index (χ1v) is 5.96. The second-order valence-corrected chi connectivity index (χ2v) is 4.28. The highest BCUT2D eigenvalue weighted by Crippen LogP contribution is 2.29. The zero-order valence-electron chi connectivity index (χ0n) is 8.74. The van der Waals surface area contributed by atoms with Crippen LogP contribution in [0.25, 0.3) is 0 Å². The fourth-order valence-electron chi connectivity index (χ4n) is 1.79. The molecule has 4 heteroatoms. The molecule has 1 atom stereocenters. The zero-order valence-corrected chi connectivity index (χ0v) is 9.56. The third-order valence-corrected chi connectivity index (χ3v) is 3.32. The van der Waals surface area contributed by atoms with Crippen molar-refractivity contribution in [2.24, 2.45) is 0 Å². The van der Waals surface area contributed by atoms with Crippen molar-refractivity contribution in [3.8, 4) is 0 Å². The fourth-order valence-corrected chi connectivity index (χ4v) is 2.26. The largest absolute Gasteiger partial charge is 0.468 e. The lowest BCUT2D eigenvalue weighted by atomic mass is 10.1. The average Bonchev–Trinajstić information content (AvgIpc) is 2.70. The topological polar surface area (TPSA) is 38.3 Å². The summed E-state index contributed by atoms with van der Waals surface area (Å²) in [5.41, 5.74) is 2.23. The van der Waals surface area contributed by atoms with Crippen molar-refractivity contribution in [3.05, 3.63) is 29.3 Å². The Morgan fingerprint density at radius 3 is 3.07 bits per heavy atom. The predicted molar refractivity (Wildman–Crippen MR) is 59.8 cm³/mol. The van der Waals surface area contributed by atoms with Gasteiger partial charge in [0, 0.05) is 11.4 Å². The van der Waals surface area contributed by atoms with Gasteiger partial charge in [-0.05, 0) is 29.5 Å². The van der Waals surface area contributed by atoms with Gasteiger partial charge in [-0.2, -0.15) is 0 Å². The molecule has 0 spiro atoms. The first kappa shape index (κ1) is 10.5. The second kappa shape index (κ2) is 4.24. The molecule has 0 aromatic heterocycles. The van der Waals surface area contributed by atoms with Gasteiger partial charge in [0.25, 0.3) is 0 Å². The molecule has 1 aromatic rings. The van der Waals surface area contributed by atoms with E-state index in [1.807, 2.05) is 18.4 Å². The molecule has 0 radical (unpaired) electrons. The molecular weight excluding hydrogens is 210 g/mol. The van der Waals surface area contributed by atoms with Crippen molar-refractivity contribution in [2.45, 2.75) is 17.5 Å². The van der Waals surface area contributed by atoms with Crippen LogP contribution in [-0.4, -0.2) is 19.3 Å². The quantitative estimate of drug-likeness (QED) is 0.612. The number of thioether (sulfide) groups is 1. The maximum Gasteiger partial charge on any atom is 0.327 e. The first-order valence-electron chi connectivity index (χ1n) is 4.74. The highest BCUT2D eigenvalue weighted by Gasteiger charge is 2.28. The number of carbonyl (C=O) groups is 1. The third-order valence-electron chi connectivity index (χ3n) is 2.59. The molecule has 0 saturated carbocycles. The van der Waals surface area contributed by atoms with Crippen LogP contribution in [0.2, 0.25) is 0 Å². The third kappa shape index (κ3) is 1.87. The van der Waals surface area contributed by atoms with E-state index in [0.29, 0.717) is 0 Å². The van der Waals surface area contributed by atoms with E-state index in [1.165, 1.54) is 17.6 Å². The molecule has 1 aromatic carbocycles. The highest BCUT2D eigenvalue weighted by atomic mass is 32.2. The Labute approximate surface area is 93.2 Å². The number of carbonyl (C=O) groups excluding carboxylic acids is 1. The van der Waals surface area contributed by atoms with Crippen LogP contribution in [0.5, 0.6) is 0 Å². The fraction of sp³-hybridized carbons (Fsp3) is 0.364. The Bertz CT molecular complexity index is 392. The van der Waals surface area contributed by atoms with Crippen LogP contribution >= 0.6 is 11.8 Å². The number of rotatable bonds is 2. The van der Waals surface area contributed by atoms with Crippen LogP contribution in [0.1, 0.15) is 17.2 Å². The molecule has 80 valence electrons. The first-order chi connectivity index (χ1) is 7.26. The minimum absolute atomic E-state index is 0.217. The summed E-state index contributed by atoms with van der Waals surface area (Å²) in [6.45, 7) is 0.740. The van der Waals surface area contributed by atoms with Crippen molar-refractivity contribution in [2.75, 3.05) is 13.4 Å². The Morgan fingerprint density at radius 2 is 2.40 bits per heavy atom. The molecule has 0 bridgehead atoms.